The van der Waals surface area contributed by atoms with Gasteiger partial charge in [-0.3, -0.25) is 19.0 Å². The van der Waals surface area contributed by atoms with Gasteiger partial charge in [0.25, 0.3) is 5.56 Å². The molecule has 0 bridgehead atoms. The van der Waals surface area contributed by atoms with Crippen LogP contribution in [0.3, 0.4) is 0 Å². The van der Waals surface area contributed by atoms with Crippen LogP contribution in [0.25, 0.3) is 10.2 Å². The van der Waals surface area contributed by atoms with Gasteiger partial charge in [0.2, 0.25) is 0 Å². The summed E-state index contributed by atoms with van der Waals surface area (Å²) >= 11 is 2.60. The van der Waals surface area contributed by atoms with Gasteiger partial charge in [-0.2, -0.15) is 0 Å². The SMILES string of the molecule is CCOC(=O)CC(=O)CSc1nc2sc(C)cc2c(=O)n1C. The number of hydrogen-bond acceptors (Lipinski definition) is 7. The molecule has 118 valence electrons. The van der Waals surface area contributed by atoms with Gasteiger partial charge in [0.1, 0.15) is 11.3 Å². The first-order valence-corrected chi connectivity index (χ1v) is 8.50. The molecule has 0 aromatic carbocycles. The third-order valence-electron chi connectivity index (χ3n) is 2.86. The molecule has 0 saturated carbocycles. The predicted octanol–water partition coefficient (Wildman–Crippen LogP) is 1.92. The number of fused-ring (bicyclic) bond motifs is 1. The molecule has 2 aromatic heterocycles. The third-order valence-corrected chi connectivity index (χ3v) is 4.90. The van der Waals surface area contributed by atoms with E-state index in [1.54, 1.807) is 14.0 Å². The standard InChI is InChI=1S/C14H16N2O4S2/c1-4-20-11(18)6-9(17)7-21-14-15-12-10(5-8(2)22-12)13(19)16(14)3/h5H,4,6-7H2,1-3H3. The highest BCUT2D eigenvalue weighted by Gasteiger charge is 2.15. The van der Waals surface area contributed by atoms with Crippen LogP contribution >= 0.6 is 23.1 Å². The van der Waals surface area contributed by atoms with Gasteiger partial charge in [0.15, 0.2) is 10.9 Å². The monoisotopic (exact) mass is 340 g/mol. The van der Waals surface area contributed by atoms with Crippen molar-refractivity contribution >= 4 is 45.1 Å². The van der Waals surface area contributed by atoms with Crippen molar-refractivity contribution in [2.45, 2.75) is 25.4 Å². The second-order valence-electron chi connectivity index (χ2n) is 4.64. The number of aromatic nitrogens is 2. The summed E-state index contributed by atoms with van der Waals surface area (Å²) in [6.45, 7) is 3.86. The molecule has 0 atom stereocenters. The molecule has 0 N–H and O–H groups in total. The fourth-order valence-electron chi connectivity index (χ4n) is 1.87. The van der Waals surface area contributed by atoms with Gasteiger partial charge in [-0.1, -0.05) is 11.8 Å². The lowest BCUT2D eigenvalue weighted by atomic mass is 10.3. The second kappa shape index (κ2) is 7.06. The highest BCUT2D eigenvalue weighted by molar-refractivity contribution is 7.99. The van der Waals surface area contributed by atoms with E-state index >= 15 is 0 Å². The normalized spacial score (nSPS) is 10.9. The van der Waals surface area contributed by atoms with Crippen LogP contribution in [-0.4, -0.2) is 33.7 Å². The Morgan fingerprint density at radius 2 is 2.18 bits per heavy atom. The number of thiophene rings is 1. The van der Waals surface area contributed by atoms with E-state index in [1.165, 1.54) is 15.9 Å². The van der Waals surface area contributed by atoms with Gasteiger partial charge in [-0.05, 0) is 19.9 Å². The van der Waals surface area contributed by atoms with Gasteiger partial charge >= 0.3 is 5.97 Å². The van der Waals surface area contributed by atoms with Gasteiger partial charge in [0.05, 0.1) is 17.7 Å². The molecule has 2 rings (SSSR count). The summed E-state index contributed by atoms with van der Waals surface area (Å²) in [5.74, 6) is -0.700. The van der Waals surface area contributed by atoms with Gasteiger partial charge in [0, 0.05) is 11.9 Å². The minimum atomic E-state index is -0.528. The van der Waals surface area contributed by atoms with E-state index in [9.17, 15) is 14.4 Å². The van der Waals surface area contributed by atoms with Crippen LogP contribution in [0.1, 0.15) is 18.2 Å². The minimum absolute atomic E-state index is 0.0783. The molecule has 8 heteroatoms. The number of carbonyl (C=O) groups is 2. The number of carbonyl (C=O) groups excluding carboxylic acids is 2. The van der Waals surface area contributed by atoms with E-state index in [1.807, 2.05) is 13.0 Å². The van der Waals surface area contributed by atoms with E-state index < -0.39 is 5.97 Å². The maximum absolute atomic E-state index is 12.2. The van der Waals surface area contributed by atoms with Crippen molar-refractivity contribution in [1.29, 1.82) is 0 Å². The Labute approximate surface area is 135 Å². The average Bonchev–Trinajstić information content (AvgIpc) is 2.82. The van der Waals surface area contributed by atoms with Crippen LogP contribution in [0.4, 0.5) is 0 Å². The van der Waals surface area contributed by atoms with Crippen LogP contribution in [-0.2, 0) is 21.4 Å². The van der Waals surface area contributed by atoms with Crippen molar-refractivity contribution in [3.05, 3.63) is 21.3 Å². The average molecular weight is 340 g/mol. The highest BCUT2D eigenvalue weighted by Crippen LogP contribution is 2.23. The first-order chi connectivity index (χ1) is 10.4. The van der Waals surface area contributed by atoms with Gasteiger partial charge < -0.3 is 4.74 Å². The lowest BCUT2D eigenvalue weighted by Gasteiger charge is -2.06. The summed E-state index contributed by atoms with van der Waals surface area (Å²) in [4.78, 5) is 41.3. The molecule has 0 saturated heterocycles. The Kier molecular flexibility index (Phi) is 5.36. The Bertz CT molecular complexity index is 779. The molecule has 0 aliphatic heterocycles. The van der Waals surface area contributed by atoms with Crippen LogP contribution in [0.15, 0.2) is 16.0 Å². The molecule has 0 unspecified atom stereocenters. The molecule has 0 aliphatic carbocycles. The summed E-state index contributed by atoms with van der Waals surface area (Å²) in [6.07, 6.45) is -0.255. The van der Waals surface area contributed by atoms with Crippen LogP contribution in [0.5, 0.6) is 0 Å². The number of thioether (sulfide) groups is 1. The van der Waals surface area contributed by atoms with Crippen molar-refractivity contribution in [3.8, 4) is 0 Å². The topological polar surface area (TPSA) is 78.3 Å². The molecule has 0 amide bonds. The zero-order chi connectivity index (χ0) is 16.3. The van der Waals surface area contributed by atoms with Crippen LogP contribution in [0.2, 0.25) is 0 Å². The molecule has 0 radical (unpaired) electrons. The summed E-state index contributed by atoms with van der Waals surface area (Å²) in [7, 11) is 1.62. The molecule has 0 aliphatic rings. The number of ether oxygens (including phenoxy) is 1. The number of esters is 1. The van der Waals surface area contributed by atoms with Crippen molar-refractivity contribution in [2.75, 3.05) is 12.4 Å². The van der Waals surface area contributed by atoms with Gasteiger partial charge in [-0.25, -0.2) is 4.98 Å². The molecule has 2 aromatic rings. The van der Waals surface area contributed by atoms with Gasteiger partial charge in [-0.15, -0.1) is 11.3 Å². The quantitative estimate of drug-likeness (QED) is 0.346. The molecular formula is C14H16N2O4S2. The number of ketones is 1. The van der Waals surface area contributed by atoms with E-state index in [2.05, 4.69) is 4.98 Å². The summed E-state index contributed by atoms with van der Waals surface area (Å²) < 4.78 is 6.16. The first-order valence-electron chi connectivity index (χ1n) is 6.69. The molecule has 0 spiro atoms. The Morgan fingerprint density at radius 1 is 1.45 bits per heavy atom. The molecular weight excluding hydrogens is 324 g/mol. The zero-order valence-corrected chi connectivity index (χ0v) is 14.2. The fourth-order valence-corrected chi connectivity index (χ4v) is 3.62. The van der Waals surface area contributed by atoms with Crippen LogP contribution < -0.4 is 5.56 Å². The Morgan fingerprint density at radius 3 is 2.86 bits per heavy atom. The molecule has 2 heterocycles. The maximum atomic E-state index is 12.2. The highest BCUT2D eigenvalue weighted by atomic mass is 32.2. The number of aryl methyl sites for hydroxylation is 1. The number of Topliss-reactive ketones (excluding diaryl/α,β-unsaturated/α-hetero) is 1. The zero-order valence-electron chi connectivity index (χ0n) is 12.5. The summed E-state index contributed by atoms with van der Waals surface area (Å²) in [6, 6.07) is 1.82. The Balaban J connectivity index is 2.12. The van der Waals surface area contributed by atoms with E-state index in [4.69, 9.17) is 4.74 Å². The number of nitrogens with zero attached hydrogens (tertiary/aromatic N) is 2. The number of rotatable bonds is 6. The second-order valence-corrected chi connectivity index (χ2v) is 6.82. The van der Waals surface area contributed by atoms with Crippen molar-refractivity contribution in [1.82, 2.24) is 9.55 Å². The molecule has 0 fully saturated rings. The fraction of sp³-hybridized carbons (Fsp3) is 0.429. The first kappa shape index (κ1) is 16.7. The third kappa shape index (κ3) is 3.75. The molecule has 22 heavy (non-hydrogen) atoms. The predicted molar refractivity (Wildman–Crippen MR) is 86.6 cm³/mol. The van der Waals surface area contributed by atoms with E-state index in [-0.39, 0.29) is 30.1 Å². The minimum Gasteiger partial charge on any atom is -0.466 e. The van der Waals surface area contributed by atoms with Crippen molar-refractivity contribution < 1.29 is 14.3 Å². The smallest absolute Gasteiger partial charge is 0.313 e. The van der Waals surface area contributed by atoms with E-state index in [0.717, 1.165) is 16.6 Å². The maximum Gasteiger partial charge on any atom is 0.313 e. The summed E-state index contributed by atoms with van der Waals surface area (Å²) in [5.41, 5.74) is -0.130. The van der Waals surface area contributed by atoms with E-state index in [0.29, 0.717) is 15.4 Å². The van der Waals surface area contributed by atoms with Crippen molar-refractivity contribution in [3.63, 3.8) is 0 Å². The Hall–Kier alpha value is -1.67. The lowest BCUT2D eigenvalue weighted by Crippen LogP contribution is -2.20. The lowest BCUT2D eigenvalue weighted by molar-refractivity contribution is -0.145. The van der Waals surface area contributed by atoms with Crippen molar-refractivity contribution in [2.24, 2.45) is 7.05 Å². The number of hydrogen-bond donors (Lipinski definition) is 0. The molecule has 6 nitrogen and oxygen atoms in total. The largest absolute Gasteiger partial charge is 0.466 e. The van der Waals surface area contributed by atoms with Crippen LogP contribution in [0, 0.1) is 6.92 Å². The summed E-state index contributed by atoms with van der Waals surface area (Å²) in [5, 5.41) is 1.06.